The molecule has 0 aliphatic carbocycles. The third-order valence-corrected chi connectivity index (χ3v) is 6.61. The van der Waals surface area contributed by atoms with E-state index >= 15 is 0 Å². The van der Waals surface area contributed by atoms with Gasteiger partial charge in [0.1, 0.15) is 17.8 Å². The molecule has 41 heavy (non-hydrogen) atoms. The van der Waals surface area contributed by atoms with Gasteiger partial charge in [-0.15, -0.1) is 0 Å². The monoisotopic (exact) mass is 564 g/mol. The molecule has 0 bridgehead atoms. The van der Waals surface area contributed by atoms with E-state index in [1.807, 2.05) is 6.07 Å². The van der Waals surface area contributed by atoms with E-state index in [4.69, 9.17) is 4.74 Å². The van der Waals surface area contributed by atoms with E-state index in [9.17, 15) is 29.5 Å². The minimum atomic E-state index is -1.14. The van der Waals surface area contributed by atoms with E-state index < -0.39 is 36.0 Å². The Kier molecular flexibility index (Phi) is 9.64. The molecule has 3 heterocycles. The number of hydrogen-bond donors (Lipinski definition) is 3. The average Bonchev–Trinajstić information content (AvgIpc) is 2.99. The highest BCUT2D eigenvalue weighted by molar-refractivity contribution is 5.96. The highest BCUT2D eigenvalue weighted by atomic mass is 16.6. The molecule has 1 aromatic heterocycles. The largest absolute Gasteiger partial charge is 0.481 e. The Labute approximate surface area is 236 Å². The predicted octanol–water partition coefficient (Wildman–Crippen LogP) is 2.22. The third-order valence-electron chi connectivity index (χ3n) is 6.61. The molecule has 1 unspecified atom stereocenters. The molecule has 2 atom stereocenters. The van der Waals surface area contributed by atoms with Crippen LogP contribution in [0.3, 0.4) is 0 Å². The SMILES string of the molecule is CCOC(=O)N1CCN(C(=O)[C@H](CCC(=O)O)NC(=O)c2cc(C3C=CC=CN3O)nc(-c3ccccc3)n2)CC1. The van der Waals surface area contributed by atoms with Gasteiger partial charge in [0.05, 0.1) is 12.3 Å². The number of aliphatic carboxylic acids is 1. The number of carbonyl (C=O) groups excluding carboxylic acids is 3. The molecular formula is C28H32N6O7. The van der Waals surface area contributed by atoms with E-state index in [0.29, 0.717) is 11.3 Å². The highest BCUT2D eigenvalue weighted by Gasteiger charge is 2.31. The number of ether oxygens (including phenoxy) is 1. The standard InChI is InChI=1S/C28H32N6O7/c1-2-41-28(39)33-16-14-32(15-17-33)27(38)20(11-12-24(35)36)31-26(37)22-18-21(23-10-6-7-13-34(23)40)29-25(30-22)19-8-4-3-5-9-19/h3-10,13,18,20,23,40H,2,11-12,14-17H2,1H3,(H,31,37)(H,35,36)/t20-,23?/m0/s1. The summed E-state index contributed by atoms with van der Waals surface area (Å²) in [5, 5.41) is 23.3. The van der Waals surface area contributed by atoms with Crippen LogP contribution in [0, 0.1) is 0 Å². The number of carbonyl (C=O) groups is 4. The fourth-order valence-corrected chi connectivity index (χ4v) is 4.47. The number of rotatable bonds is 9. The van der Waals surface area contributed by atoms with Gasteiger partial charge < -0.3 is 25.0 Å². The summed E-state index contributed by atoms with van der Waals surface area (Å²) in [4.78, 5) is 62.3. The normalized spacial score (nSPS) is 17.2. The van der Waals surface area contributed by atoms with Gasteiger partial charge in [0.2, 0.25) is 5.91 Å². The molecule has 2 aliphatic heterocycles. The lowest BCUT2D eigenvalue weighted by Crippen LogP contribution is -2.56. The summed E-state index contributed by atoms with van der Waals surface area (Å²) in [7, 11) is 0. The number of hydroxylamine groups is 2. The van der Waals surface area contributed by atoms with Gasteiger partial charge in [-0.1, -0.05) is 42.5 Å². The van der Waals surface area contributed by atoms with Crippen molar-refractivity contribution in [1.82, 2.24) is 30.1 Å². The first-order valence-corrected chi connectivity index (χ1v) is 13.3. The Morgan fingerprint density at radius 2 is 1.76 bits per heavy atom. The minimum absolute atomic E-state index is 0.0505. The fraction of sp³-hybridized carbons (Fsp3) is 0.357. The topological polar surface area (TPSA) is 166 Å². The second kappa shape index (κ2) is 13.5. The lowest BCUT2D eigenvalue weighted by atomic mass is 10.1. The zero-order valence-electron chi connectivity index (χ0n) is 22.5. The number of carboxylic acids is 1. The summed E-state index contributed by atoms with van der Waals surface area (Å²) in [5.41, 5.74) is 0.933. The lowest BCUT2D eigenvalue weighted by molar-refractivity contribution is -0.138. The molecule has 13 heteroatoms. The number of amides is 3. The van der Waals surface area contributed by atoms with Crippen LogP contribution in [0.5, 0.6) is 0 Å². The van der Waals surface area contributed by atoms with Gasteiger partial charge in [0.25, 0.3) is 5.91 Å². The van der Waals surface area contributed by atoms with Gasteiger partial charge in [0.15, 0.2) is 5.82 Å². The first kappa shape index (κ1) is 29.2. The number of nitrogens with one attached hydrogen (secondary N) is 1. The molecule has 216 valence electrons. The van der Waals surface area contributed by atoms with Gasteiger partial charge in [-0.25, -0.2) is 14.8 Å². The van der Waals surface area contributed by atoms with Crippen molar-refractivity contribution < 1.29 is 34.2 Å². The predicted molar refractivity (Wildman–Crippen MR) is 145 cm³/mol. The van der Waals surface area contributed by atoms with E-state index in [1.54, 1.807) is 49.4 Å². The summed E-state index contributed by atoms with van der Waals surface area (Å²) in [6, 6.07) is 8.60. The Bertz CT molecular complexity index is 1320. The molecule has 1 aromatic carbocycles. The van der Waals surface area contributed by atoms with E-state index in [1.165, 1.54) is 22.1 Å². The summed E-state index contributed by atoms with van der Waals surface area (Å²) in [6.07, 6.45) is 5.60. The first-order chi connectivity index (χ1) is 19.8. The van der Waals surface area contributed by atoms with Crippen LogP contribution < -0.4 is 5.32 Å². The number of benzene rings is 1. The fourth-order valence-electron chi connectivity index (χ4n) is 4.47. The van der Waals surface area contributed by atoms with E-state index in [2.05, 4.69) is 15.3 Å². The Morgan fingerprint density at radius 1 is 1.05 bits per heavy atom. The third kappa shape index (κ3) is 7.45. The summed E-state index contributed by atoms with van der Waals surface area (Å²) >= 11 is 0. The van der Waals surface area contributed by atoms with Crippen LogP contribution in [-0.4, -0.2) is 97.8 Å². The van der Waals surface area contributed by atoms with Crippen molar-refractivity contribution in [2.45, 2.75) is 31.8 Å². The molecule has 0 spiro atoms. The zero-order chi connectivity index (χ0) is 29.4. The summed E-state index contributed by atoms with van der Waals surface area (Å²) in [6.45, 7) is 2.87. The van der Waals surface area contributed by atoms with Crippen molar-refractivity contribution in [3.63, 3.8) is 0 Å². The van der Waals surface area contributed by atoms with Crippen molar-refractivity contribution in [3.05, 3.63) is 72.2 Å². The maximum absolute atomic E-state index is 13.5. The maximum Gasteiger partial charge on any atom is 0.409 e. The minimum Gasteiger partial charge on any atom is -0.481 e. The summed E-state index contributed by atoms with van der Waals surface area (Å²) in [5.74, 6) is -2.02. The molecule has 1 saturated heterocycles. The number of hydrogen-bond acceptors (Lipinski definition) is 9. The number of piperazine rings is 1. The second-order valence-electron chi connectivity index (χ2n) is 9.39. The van der Waals surface area contributed by atoms with E-state index in [-0.39, 0.29) is 57.1 Å². The Morgan fingerprint density at radius 3 is 2.41 bits per heavy atom. The van der Waals surface area contributed by atoms with Crippen LogP contribution in [-0.2, 0) is 14.3 Å². The molecule has 2 aromatic rings. The van der Waals surface area contributed by atoms with Crippen LogP contribution in [0.25, 0.3) is 11.4 Å². The zero-order valence-corrected chi connectivity index (χ0v) is 22.5. The van der Waals surface area contributed by atoms with Gasteiger partial charge in [-0.05, 0) is 25.5 Å². The molecule has 2 aliphatic rings. The molecule has 13 nitrogen and oxygen atoms in total. The van der Waals surface area contributed by atoms with Crippen LogP contribution in [0.4, 0.5) is 4.79 Å². The Balaban J connectivity index is 1.57. The molecule has 0 saturated carbocycles. The number of carboxylic acid groups (broad SMARTS) is 1. The first-order valence-electron chi connectivity index (χ1n) is 13.3. The molecule has 1 fully saturated rings. The number of aromatic nitrogens is 2. The van der Waals surface area contributed by atoms with Crippen molar-refractivity contribution in [2.75, 3.05) is 32.8 Å². The van der Waals surface area contributed by atoms with Crippen LogP contribution in [0.1, 0.15) is 42.0 Å². The molecule has 0 radical (unpaired) electrons. The van der Waals surface area contributed by atoms with Gasteiger partial charge in [-0.2, -0.15) is 0 Å². The van der Waals surface area contributed by atoms with Crippen LogP contribution >= 0.6 is 0 Å². The highest BCUT2D eigenvalue weighted by Crippen LogP contribution is 2.25. The van der Waals surface area contributed by atoms with Gasteiger partial charge in [-0.3, -0.25) is 24.7 Å². The van der Waals surface area contributed by atoms with E-state index in [0.717, 1.165) is 5.06 Å². The average molecular weight is 565 g/mol. The molecular weight excluding hydrogens is 532 g/mol. The molecule has 4 rings (SSSR count). The van der Waals surface area contributed by atoms with Gasteiger partial charge in [0, 0.05) is 44.4 Å². The van der Waals surface area contributed by atoms with Crippen molar-refractivity contribution in [3.8, 4) is 11.4 Å². The lowest BCUT2D eigenvalue weighted by Gasteiger charge is -2.36. The summed E-state index contributed by atoms with van der Waals surface area (Å²) < 4.78 is 5.02. The Hall–Kier alpha value is -4.78. The van der Waals surface area contributed by atoms with Crippen LogP contribution in [0.2, 0.25) is 0 Å². The molecule has 3 N–H and O–H groups in total. The second-order valence-corrected chi connectivity index (χ2v) is 9.39. The van der Waals surface area contributed by atoms with Crippen LogP contribution in [0.15, 0.2) is 60.8 Å². The quantitative estimate of drug-likeness (QED) is 0.411. The van der Waals surface area contributed by atoms with Crippen molar-refractivity contribution >= 4 is 23.9 Å². The molecule has 3 amide bonds. The van der Waals surface area contributed by atoms with Crippen molar-refractivity contribution in [1.29, 1.82) is 0 Å². The van der Waals surface area contributed by atoms with Crippen molar-refractivity contribution in [2.24, 2.45) is 0 Å². The van der Waals surface area contributed by atoms with Gasteiger partial charge >= 0.3 is 12.1 Å². The number of nitrogens with zero attached hydrogens (tertiary/aromatic N) is 5. The number of allylic oxidation sites excluding steroid dienone is 2. The smallest absolute Gasteiger partial charge is 0.409 e. The maximum atomic E-state index is 13.5.